The molecule has 0 saturated carbocycles. The Hall–Kier alpha value is -4.12. The van der Waals surface area contributed by atoms with Crippen molar-refractivity contribution in [3.63, 3.8) is 0 Å². The number of fused-ring (bicyclic) bond motifs is 1. The van der Waals surface area contributed by atoms with Crippen LogP contribution in [0.2, 0.25) is 0 Å². The monoisotopic (exact) mass is 455 g/mol. The molecule has 4 aromatic carbocycles. The highest BCUT2D eigenvalue weighted by Gasteiger charge is 2.56. The molecule has 2 unspecified atom stereocenters. The van der Waals surface area contributed by atoms with E-state index in [-0.39, 0.29) is 11.4 Å². The third-order valence-electron chi connectivity index (χ3n) is 6.07. The highest BCUT2D eigenvalue weighted by atomic mass is 19.1. The zero-order valence-electron chi connectivity index (χ0n) is 18.0. The number of rotatable bonds is 5. The Morgan fingerprint density at radius 1 is 0.735 bits per heavy atom. The van der Waals surface area contributed by atoms with Crippen molar-refractivity contribution < 1.29 is 18.0 Å². The van der Waals surface area contributed by atoms with E-state index in [1.807, 2.05) is 6.07 Å². The number of anilines is 2. The molecule has 5 rings (SSSR count). The van der Waals surface area contributed by atoms with Crippen molar-refractivity contribution in [2.75, 3.05) is 4.90 Å². The molecule has 0 N–H and O–H groups in total. The Bertz CT molecular complexity index is 1350. The maximum atomic E-state index is 17.3. The molecular weight excluding hydrogens is 435 g/mol. The highest BCUT2D eigenvalue weighted by Crippen LogP contribution is 2.53. The number of nitrogens with zero attached hydrogens (tertiary/aromatic N) is 1. The third-order valence-corrected chi connectivity index (χ3v) is 6.07. The average molecular weight is 455 g/mol. The molecule has 1 aliphatic heterocycles. The van der Waals surface area contributed by atoms with Crippen LogP contribution in [0.3, 0.4) is 0 Å². The van der Waals surface area contributed by atoms with Gasteiger partial charge in [0, 0.05) is 11.3 Å². The molecule has 2 nitrogen and oxygen atoms in total. The fourth-order valence-electron chi connectivity index (χ4n) is 4.42. The molecule has 0 aromatic heterocycles. The van der Waals surface area contributed by atoms with Gasteiger partial charge in [-0.25, -0.2) is 13.2 Å². The molecule has 0 aliphatic carbocycles. The number of allylic oxidation sites excluding steroid dienone is 1. The Kier molecular flexibility index (Phi) is 5.54. The topological polar surface area (TPSA) is 20.3 Å². The Morgan fingerprint density at radius 2 is 1.32 bits per heavy atom. The number of hydrogen-bond donors (Lipinski definition) is 0. The second kappa shape index (κ2) is 8.67. The number of alkyl halides is 1. The van der Waals surface area contributed by atoms with Gasteiger partial charge in [0.15, 0.2) is 0 Å². The maximum absolute atomic E-state index is 17.3. The zero-order valence-corrected chi connectivity index (χ0v) is 18.0. The van der Waals surface area contributed by atoms with E-state index in [2.05, 4.69) is 0 Å². The highest BCUT2D eigenvalue weighted by molar-refractivity contribution is 6.12. The number of benzene rings is 4. The summed E-state index contributed by atoms with van der Waals surface area (Å²) < 4.78 is 44.3. The van der Waals surface area contributed by atoms with E-state index in [0.717, 1.165) is 0 Å². The van der Waals surface area contributed by atoms with Crippen molar-refractivity contribution in [2.45, 2.75) is 11.6 Å². The molecule has 5 heteroatoms. The van der Waals surface area contributed by atoms with Crippen molar-refractivity contribution in [2.24, 2.45) is 0 Å². The van der Waals surface area contributed by atoms with Crippen LogP contribution in [0, 0.1) is 11.6 Å². The van der Waals surface area contributed by atoms with Crippen molar-refractivity contribution in [3.05, 3.63) is 138 Å². The Morgan fingerprint density at radius 3 is 2.00 bits per heavy atom. The summed E-state index contributed by atoms with van der Waals surface area (Å²) in [6, 6.07) is 26.9. The molecule has 1 amide bonds. The predicted molar refractivity (Wildman–Crippen MR) is 127 cm³/mol. The molecule has 0 saturated heterocycles. The average Bonchev–Trinajstić information content (AvgIpc) is 3.09. The number of carbonyl (C=O) groups excluding carboxylic acids is 1. The van der Waals surface area contributed by atoms with Gasteiger partial charge in [0.25, 0.3) is 5.91 Å². The normalized spacial score (nSPS) is 18.3. The molecule has 168 valence electrons. The first-order valence-corrected chi connectivity index (χ1v) is 10.9. The van der Waals surface area contributed by atoms with Gasteiger partial charge in [-0.1, -0.05) is 72.8 Å². The first kappa shape index (κ1) is 21.7. The lowest BCUT2D eigenvalue weighted by Crippen LogP contribution is -2.39. The second-order valence-corrected chi connectivity index (χ2v) is 8.14. The molecule has 0 radical (unpaired) electrons. The van der Waals surface area contributed by atoms with Gasteiger partial charge in [0.2, 0.25) is 5.67 Å². The van der Waals surface area contributed by atoms with Gasteiger partial charge in [-0.3, -0.25) is 9.69 Å². The third kappa shape index (κ3) is 3.69. The van der Waals surface area contributed by atoms with Gasteiger partial charge < -0.3 is 0 Å². The number of hydrogen-bond acceptors (Lipinski definition) is 1. The molecule has 0 spiro atoms. The quantitative estimate of drug-likeness (QED) is 0.309. The summed E-state index contributed by atoms with van der Waals surface area (Å²) in [7, 11) is 0. The Labute approximate surface area is 195 Å². The smallest absolute Gasteiger partial charge is 0.274 e. The molecule has 4 aromatic rings. The van der Waals surface area contributed by atoms with Crippen LogP contribution in [0.4, 0.5) is 24.5 Å². The summed E-state index contributed by atoms with van der Waals surface area (Å²) in [6.45, 7) is 0. The van der Waals surface area contributed by atoms with E-state index in [9.17, 15) is 13.6 Å². The maximum Gasteiger partial charge on any atom is 0.274 e. The van der Waals surface area contributed by atoms with Gasteiger partial charge >= 0.3 is 0 Å². The van der Waals surface area contributed by atoms with Crippen molar-refractivity contribution in [1.29, 1.82) is 0 Å². The predicted octanol–water partition coefficient (Wildman–Crippen LogP) is 7.31. The first-order valence-electron chi connectivity index (χ1n) is 10.9. The van der Waals surface area contributed by atoms with Gasteiger partial charge in [0.05, 0.1) is 11.6 Å². The van der Waals surface area contributed by atoms with Crippen molar-refractivity contribution >= 4 is 23.4 Å². The first-order chi connectivity index (χ1) is 16.5. The second-order valence-electron chi connectivity index (χ2n) is 8.14. The molecule has 1 heterocycles. The van der Waals surface area contributed by atoms with Crippen LogP contribution in [-0.4, -0.2) is 5.91 Å². The van der Waals surface area contributed by atoms with Gasteiger partial charge in [0.1, 0.15) is 11.6 Å². The van der Waals surface area contributed by atoms with E-state index in [4.69, 9.17) is 0 Å². The molecular formula is C29H20F3NO. The van der Waals surface area contributed by atoms with Crippen LogP contribution in [0.1, 0.15) is 22.6 Å². The minimum absolute atomic E-state index is 0.238. The van der Waals surface area contributed by atoms with Crippen LogP contribution >= 0.6 is 0 Å². The number of carbonyl (C=O) groups is 1. The minimum Gasteiger partial charge on any atom is -0.278 e. The van der Waals surface area contributed by atoms with Gasteiger partial charge in [-0.15, -0.1) is 0 Å². The largest absolute Gasteiger partial charge is 0.278 e. The van der Waals surface area contributed by atoms with E-state index in [0.29, 0.717) is 22.5 Å². The summed E-state index contributed by atoms with van der Waals surface area (Å²) in [4.78, 5) is 15.2. The number of halogens is 3. The lowest BCUT2D eigenvalue weighted by atomic mass is 9.79. The van der Waals surface area contributed by atoms with Crippen LogP contribution in [-0.2, 0) is 10.5 Å². The Balaban J connectivity index is 1.67. The van der Waals surface area contributed by atoms with Crippen molar-refractivity contribution in [1.82, 2.24) is 0 Å². The summed E-state index contributed by atoms with van der Waals surface area (Å²) in [5.41, 5.74) is -0.0952. The zero-order chi connectivity index (χ0) is 23.7. The van der Waals surface area contributed by atoms with Crippen LogP contribution in [0.5, 0.6) is 0 Å². The summed E-state index contributed by atoms with van der Waals surface area (Å²) in [6.07, 6.45) is 3.24. The molecule has 0 bridgehead atoms. The van der Waals surface area contributed by atoms with E-state index >= 15 is 4.39 Å². The van der Waals surface area contributed by atoms with E-state index < -0.39 is 23.3 Å². The lowest BCUT2D eigenvalue weighted by Gasteiger charge is -2.28. The minimum atomic E-state index is -2.44. The lowest BCUT2D eigenvalue weighted by molar-refractivity contribution is -0.129. The summed E-state index contributed by atoms with van der Waals surface area (Å²) in [5, 5.41) is 0. The van der Waals surface area contributed by atoms with Crippen LogP contribution < -0.4 is 4.90 Å². The SMILES string of the molecule is O=C1N(c2ccccc2)c2ccccc2C1(F)C(/C=C/c1ccc(F)cc1)c1ccc(F)cc1. The van der Waals surface area contributed by atoms with Crippen LogP contribution in [0.25, 0.3) is 6.08 Å². The number of para-hydroxylation sites is 2. The summed E-state index contributed by atoms with van der Waals surface area (Å²) >= 11 is 0. The molecule has 0 fully saturated rings. The van der Waals surface area contributed by atoms with E-state index in [1.54, 1.807) is 72.8 Å². The van der Waals surface area contributed by atoms with Crippen LogP contribution in [0.15, 0.2) is 109 Å². The summed E-state index contributed by atoms with van der Waals surface area (Å²) in [5.74, 6) is -2.62. The van der Waals surface area contributed by atoms with Gasteiger partial charge in [-0.05, 0) is 53.6 Å². The molecule has 2 atom stereocenters. The van der Waals surface area contributed by atoms with Crippen molar-refractivity contribution in [3.8, 4) is 0 Å². The van der Waals surface area contributed by atoms with Gasteiger partial charge in [-0.2, -0.15) is 0 Å². The molecule has 1 aliphatic rings. The standard InChI is InChI=1S/C29H20F3NO/c30-22-15-10-20(11-16-22)12-19-25(21-13-17-23(31)18-14-21)29(32)26-8-4-5-9-27(26)33(28(29)34)24-6-2-1-3-7-24/h1-19,25H/b19-12+. The number of amides is 1. The van der Waals surface area contributed by atoms with E-state index in [1.165, 1.54) is 41.3 Å². The fourth-order valence-corrected chi connectivity index (χ4v) is 4.42. The fraction of sp³-hybridized carbons (Fsp3) is 0.0690. The molecule has 34 heavy (non-hydrogen) atoms.